The third kappa shape index (κ3) is 4.30. The molecular weight excluding hydrogens is 454 g/mol. The van der Waals surface area contributed by atoms with Crippen molar-refractivity contribution in [1.82, 2.24) is 24.1 Å². The largest absolute Gasteiger partial charge is 0.350 e. The first-order valence-electron chi connectivity index (χ1n) is 12.2. The Kier molecular flexibility index (Phi) is 6.18. The highest BCUT2D eigenvalue weighted by atomic mass is 16.2. The molecule has 0 aliphatic carbocycles. The van der Waals surface area contributed by atoms with E-state index < -0.39 is 0 Å². The first-order chi connectivity index (χ1) is 17.3. The number of rotatable bonds is 4. The average Bonchev–Trinajstić information content (AvgIpc) is 3.24. The highest BCUT2D eigenvalue weighted by molar-refractivity contribution is 6.00. The normalized spacial score (nSPS) is 14.0. The molecule has 2 amide bonds. The Morgan fingerprint density at radius 1 is 0.833 bits per heavy atom. The van der Waals surface area contributed by atoms with Gasteiger partial charge in [0.2, 0.25) is 0 Å². The second kappa shape index (κ2) is 9.45. The molecule has 2 aromatic rings. The molecule has 0 N–H and O–H groups in total. The van der Waals surface area contributed by atoms with Crippen molar-refractivity contribution in [3.8, 4) is 16.9 Å². The van der Waals surface area contributed by atoms with Crippen LogP contribution < -0.4 is 5.56 Å². The number of aryl methyl sites for hydroxylation is 1. The van der Waals surface area contributed by atoms with Gasteiger partial charge < -0.3 is 14.4 Å². The van der Waals surface area contributed by atoms with E-state index in [0.717, 1.165) is 5.56 Å². The number of hydrogen-bond donors (Lipinski definition) is 0. The van der Waals surface area contributed by atoms with E-state index in [1.807, 2.05) is 79.9 Å². The van der Waals surface area contributed by atoms with Crippen LogP contribution in [0.5, 0.6) is 0 Å². The molecule has 5 rings (SSSR count). The summed E-state index contributed by atoms with van der Waals surface area (Å²) in [6.45, 7) is 7.72. The van der Waals surface area contributed by atoms with Crippen LogP contribution in [0.25, 0.3) is 16.9 Å². The average molecular weight is 484 g/mol. The standard InChI is InChI=1S/C28H29N5O3/c1-19(2)32-17-23(25-24(18-32)28(36)33(29-25)22-7-5-4-6-8-22)27(35)31-15-13-30(14-16-31)26(34)21-11-9-20(3)10-12-21/h4-12,17-19H,13-16H2,1-3H3. The monoisotopic (exact) mass is 483 g/mol. The zero-order valence-corrected chi connectivity index (χ0v) is 20.7. The molecule has 0 aromatic heterocycles. The lowest BCUT2D eigenvalue weighted by molar-refractivity contribution is 0.0535. The van der Waals surface area contributed by atoms with Gasteiger partial charge in [-0.1, -0.05) is 35.9 Å². The van der Waals surface area contributed by atoms with E-state index in [0.29, 0.717) is 54.3 Å². The van der Waals surface area contributed by atoms with Crippen LogP contribution in [0, 0.1) is 6.92 Å². The van der Waals surface area contributed by atoms with E-state index in [1.54, 1.807) is 22.2 Å². The van der Waals surface area contributed by atoms with E-state index >= 15 is 0 Å². The highest BCUT2D eigenvalue weighted by Gasteiger charge is 2.30. The number of carbonyl (C=O) groups excluding carboxylic acids is 2. The quantitative estimate of drug-likeness (QED) is 0.444. The molecular formula is C28H29N5O3. The molecule has 0 unspecified atom stereocenters. The third-order valence-corrected chi connectivity index (χ3v) is 6.67. The zero-order chi connectivity index (χ0) is 25.4. The summed E-state index contributed by atoms with van der Waals surface area (Å²) in [6, 6.07) is 16.8. The van der Waals surface area contributed by atoms with Crippen LogP contribution in [0.15, 0.2) is 71.8 Å². The van der Waals surface area contributed by atoms with Gasteiger partial charge in [-0.3, -0.25) is 14.4 Å². The van der Waals surface area contributed by atoms with Crippen LogP contribution in [0.4, 0.5) is 0 Å². The zero-order valence-electron chi connectivity index (χ0n) is 20.7. The molecule has 3 aliphatic heterocycles. The van der Waals surface area contributed by atoms with Gasteiger partial charge in [-0.15, -0.1) is 0 Å². The minimum Gasteiger partial charge on any atom is -0.350 e. The first-order valence-corrected chi connectivity index (χ1v) is 12.2. The molecule has 0 bridgehead atoms. The van der Waals surface area contributed by atoms with E-state index in [2.05, 4.69) is 5.10 Å². The van der Waals surface area contributed by atoms with Crippen molar-refractivity contribution < 1.29 is 9.59 Å². The summed E-state index contributed by atoms with van der Waals surface area (Å²) in [5, 5.41) is 4.57. The van der Waals surface area contributed by atoms with E-state index in [1.165, 1.54) is 4.68 Å². The summed E-state index contributed by atoms with van der Waals surface area (Å²) in [5.74, 6) is -0.213. The SMILES string of the molecule is Cc1ccc(C(=O)N2CCN(C(=O)c3cn(C(C)C)cc4c(=O)n(-c5ccccc5)nc3-4)CC2)cc1. The number of aromatic nitrogens is 3. The maximum absolute atomic E-state index is 13.7. The Balaban J connectivity index is 1.42. The molecule has 0 saturated carbocycles. The molecule has 3 aliphatic rings. The van der Waals surface area contributed by atoms with E-state index in [-0.39, 0.29) is 23.4 Å². The predicted molar refractivity (Wildman–Crippen MR) is 138 cm³/mol. The minimum atomic E-state index is -0.256. The maximum Gasteiger partial charge on any atom is 0.282 e. The molecule has 0 radical (unpaired) electrons. The summed E-state index contributed by atoms with van der Waals surface area (Å²) in [7, 11) is 0. The van der Waals surface area contributed by atoms with Crippen molar-refractivity contribution in [2.45, 2.75) is 26.8 Å². The molecule has 184 valence electrons. The Bertz CT molecular complexity index is 1430. The van der Waals surface area contributed by atoms with Gasteiger partial charge in [-0.25, -0.2) is 0 Å². The molecule has 8 heteroatoms. The van der Waals surface area contributed by atoms with Crippen molar-refractivity contribution in [1.29, 1.82) is 0 Å². The van der Waals surface area contributed by atoms with Gasteiger partial charge in [0, 0.05) is 50.2 Å². The first kappa shape index (κ1) is 23.5. The maximum atomic E-state index is 13.7. The molecule has 0 atom stereocenters. The molecule has 2 aromatic carbocycles. The third-order valence-electron chi connectivity index (χ3n) is 6.67. The summed E-state index contributed by atoms with van der Waals surface area (Å²) < 4.78 is 3.23. The smallest absolute Gasteiger partial charge is 0.282 e. The number of hydrogen-bond acceptors (Lipinski definition) is 4. The molecule has 36 heavy (non-hydrogen) atoms. The summed E-state index contributed by atoms with van der Waals surface area (Å²) in [4.78, 5) is 43.4. The molecule has 8 nitrogen and oxygen atoms in total. The van der Waals surface area contributed by atoms with Gasteiger partial charge >= 0.3 is 0 Å². The van der Waals surface area contributed by atoms with Crippen molar-refractivity contribution >= 4 is 11.8 Å². The number of piperazine rings is 1. The van der Waals surface area contributed by atoms with Gasteiger partial charge in [-0.05, 0) is 45.0 Å². The van der Waals surface area contributed by atoms with Gasteiger partial charge in [0.1, 0.15) is 5.69 Å². The Hall–Kier alpha value is -4.20. The predicted octanol–water partition coefficient (Wildman–Crippen LogP) is 3.63. The number of benzene rings is 2. The van der Waals surface area contributed by atoms with Crippen molar-refractivity contribution in [3.05, 3.63) is 94.0 Å². The summed E-state index contributed by atoms with van der Waals surface area (Å²) in [6.07, 6.45) is 3.55. The van der Waals surface area contributed by atoms with Crippen LogP contribution >= 0.6 is 0 Å². The topological polar surface area (TPSA) is 80.4 Å². The number of fused-ring (bicyclic) bond motifs is 1. The summed E-state index contributed by atoms with van der Waals surface area (Å²) in [5.41, 5.74) is 3.34. The van der Waals surface area contributed by atoms with Crippen LogP contribution in [0.2, 0.25) is 0 Å². The lowest BCUT2D eigenvalue weighted by Gasteiger charge is -2.35. The van der Waals surface area contributed by atoms with Gasteiger partial charge in [0.05, 0.1) is 16.8 Å². The van der Waals surface area contributed by atoms with E-state index in [9.17, 15) is 14.4 Å². The number of nitrogens with zero attached hydrogens (tertiary/aromatic N) is 5. The van der Waals surface area contributed by atoms with Gasteiger partial charge in [0.15, 0.2) is 0 Å². The minimum absolute atomic E-state index is 0.0283. The second-order valence-corrected chi connectivity index (χ2v) is 9.48. The van der Waals surface area contributed by atoms with Crippen LogP contribution in [0.1, 0.15) is 46.2 Å². The Morgan fingerprint density at radius 3 is 2.06 bits per heavy atom. The molecule has 1 saturated heterocycles. The van der Waals surface area contributed by atoms with Crippen molar-refractivity contribution in [3.63, 3.8) is 0 Å². The molecule has 3 heterocycles. The van der Waals surface area contributed by atoms with Gasteiger partial charge in [-0.2, -0.15) is 9.78 Å². The lowest BCUT2D eigenvalue weighted by Crippen LogP contribution is -2.50. The molecule has 0 spiro atoms. The highest BCUT2D eigenvalue weighted by Crippen LogP contribution is 2.26. The number of carbonyl (C=O) groups is 2. The Labute approximate surface area is 209 Å². The van der Waals surface area contributed by atoms with E-state index in [4.69, 9.17) is 0 Å². The van der Waals surface area contributed by atoms with Crippen LogP contribution in [-0.2, 0) is 0 Å². The van der Waals surface area contributed by atoms with Crippen molar-refractivity contribution in [2.75, 3.05) is 26.2 Å². The fraction of sp³-hybridized carbons (Fsp3) is 0.286. The number of pyridine rings is 1. The number of para-hydroxylation sites is 1. The van der Waals surface area contributed by atoms with Crippen molar-refractivity contribution in [2.24, 2.45) is 0 Å². The van der Waals surface area contributed by atoms with Gasteiger partial charge in [0.25, 0.3) is 17.4 Å². The fourth-order valence-electron chi connectivity index (χ4n) is 4.49. The fourth-order valence-corrected chi connectivity index (χ4v) is 4.49. The van der Waals surface area contributed by atoms with Crippen LogP contribution in [0.3, 0.4) is 0 Å². The second-order valence-electron chi connectivity index (χ2n) is 9.48. The Morgan fingerprint density at radius 2 is 1.44 bits per heavy atom. The van der Waals surface area contributed by atoms with Crippen LogP contribution in [-0.4, -0.2) is 62.1 Å². The number of amides is 2. The summed E-state index contributed by atoms with van der Waals surface area (Å²) >= 11 is 0. The molecule has 1 fully saturated rings. The lowest BCUT2D eigenvalue weighted by atomic mass is 10.1.